The number of aliphatic hydroxyl groups is 1. The summed E-state index contributed by atoms with van der Waals surface area (Å²) in [7, 11) is 1.59. The quantitative estimate of drug-likeness (QED) is 0.582. The second-order valence-electron chi connectivity index (χ2n) is 2.78. The van der Waals surface area contributed by atoms with Gasteiger partial charge in [0.15, 0.2) is 0 Å². The van der Waals surface area contributed by atoms with Gasteiger partial charge < -0.3 is 5.11 Å². The van der Waals surface area contributed by atoms with E-state index in [9.17, 15) is 10.0 Å². The van der Waals surface area contributed by atoms with Crippen LogP contribution in [0.2, 0.25) is 0 Å². The normalized spacial score (nSPS) is 12.5. The van der Waals surface area contributed by atoms with Crippen LogP contribution in [0.15, 0.2) is 22.8 Å². The van der Waals surface area contributed by atoms with Crippen molar-refractivity contribution in [1.29, 1.82) is 0 Å². The summed E-state index contributed by atoms with van der Waals surface area (Å²) < 4.78 is 0. The van der Waals surface area contributed by atoms with E-state index in [1.807, 2.05) is 17.5 Å². The molecule has 0 radical (unpaired) electrons. The van der Waals surface area contributed by atoms with Gasteiger partial charge in [-0.1, -0.05) is 6.07 Å². The van der Waals surface area contributed by atoms with Gasteiger partial charge in [-0.2, -0.15) is 0 Å². The number of nitroso groups, excluding NO2 is 1. The number of hydrogen-bond donors (Lipinski definition) is 1. The second-order valence-corrected chi connectivity index (χ2v) is 3.76. The fourth-order valence-corrected chi connectivity index (χ4v) is 1.72. The molecule has 5 heteroatoms. The highest BCUT2D eigenvalue weighted by Gasteiger charge is 2.08. The van der Waals surface area contributed by atoms with Gasteiger partial charge in [-0.05, 0) is 17.9 Å². The molecule has 0 aliphatic rings. The Balaban J connectivity index is 2.34. The van der Waals surface area contributed by atoms with Crippen LogP contribution in [-0.2, 0) is 0 Å². The van der Waals surface area contributed by atoms with Crippen LogP contribution in [-0.4, -0.2) is 23.7 Å². The molecule has 1 rings (SSSR count). The van der Waals surface area contributed by atoms with Gasteiger partial charge >= 0.3 is 0 Å². The largest absolute Gasteiger partial charge is 0.388 e. The molecule has 0 aliphatic heterocycles. The van der Waals surface area contributed by atoms with Crippen molar-refractivity contribution < 1.29 is 5.11 Å². The Labute approximate surface area is 80.8 Å². The van der Waals surface area contributed by atoms with Gasteiger partial charge in [0.1, 0.15) is 0 Å². The molecule has 1 atom stereocenters. The number of nitrogens with zero attached hydrogens (tertiary/aromatic N) is 2. The molecule has 0 saturated heterocycles. The van der Waals surface area contributed by atoms with Crippen molar-refractivity contribution >= 4 is 11.3 Å². The summed E-state index contributed by atoms with van der Waals surface area (Å²) in [4.78, 5) is 10.9. The van der Waals surface area contributed by atoms with Crippen molar-refractivity contribution in [2.75, 3.05) is 13.6 Å². The zero-order valence-corrected chi connectivity index (χ0v) is 8.20. The molecule has 0 bridgehead atoms. The summed E-state index contributed by atoms with van der Waals surface area (Å²) in [5, 5.41) is 15.5. The van der Waals surface area contributed by atoms with Crippen molar-refractivity contribution in [1.82, 2.24) is 5.01 Å². The first-order chi connectivity index (χ1) is 6.24. The first-order valence-electron chi connectivity index (χ1n) is 4.00. The van der Waals surface area contributed by atoms with E-state index in [1.165, 1.54) is 16.3 Å². The Morgan fingerprint density at radius 1 is 1.77 bits per heavy atom. The average Bonchev–Trinajstić information content (AvgIpc) is 2.66. The SMILES string of the molecule is CN(CC[C@H](O)c1cccs1)N=O. The molecule has 0 unspecified atom stereocenters. The zero-order chi connectivity index (χ0) is 9.68. The Bertz CT molecular complexity index is 251. The molecule has 0 spiro atoms. The predicted octanol–water partition coefficient (Wildman–Crippen LogP) is 1.78. The highest BCUT2D eigenvalue weighted by Crippen LogP contribution is 2.21. The van der Waals surface area contributed by atoms with Crippen LogP contribution < -0.4 is 0 Å². The first-order valence-corrected chi connectivity index (χ1v) is 4.88. The summed E-state index contributed by atoms with van der Waals surface area (Å²) >= 11 is 1.51. The molecule has 1 aromatic heterocycles. The fraction of sp³-hybridized carbons (Fsp3) is 0.500. The van der Waals surface area contributed by atoms with E-state index in [2.05, 4.69) is 5.29 Å². The standard InChI is InChI=1S/C8H12N2O2S/c1-10(9-12)5-4-7(11)8-3-2-6-13-8/h2-3,6-7,11H,4-5H2,1H3/t7-/m0/s1. The number of aliphatic hydroxyl groups excluding tert-OH is 1. The maximum atomic E-state index is 10.0. The lowest BCUT2D eigenvalue weighted by Gasteiger charge is -2.11. The van der Waals surface area contributed by atoms with Crippen molar-refractivity contribution in [3.8, 4) is 0 Å². The highest BCUT2D eigenvalue weighted by molar-refractivity contribution is 7.10. The molecular formula is C8H12N2O2S. The summed E-state index contributed by atoms with van der Waals surface area (Å²) in [5.41, 5.74) is 0. The van der Waals surface area contributed by atoms with E-state index in [4.69, 9.17) is 0 Å². The maximum absolute atomic E-state index is 10.0. The summed E-state index contributed by atoms with van der Waals surface area (Å²) in [6.07, 6.45) is 0.0483. The minimum Gasteiger partial charge on any atom is -0.388 e. The molecule has 0 saturated carbocycles. The maximum Gasteiger partial charge on any atom is 0.0899 e. The second kappa shape index (κ2) is 4.94. The molecular weight excluding hydrogens is 188 g/mol. The van der Waals surface area contributed by atoms with Crippen LogP contribution in [0.3, 0.4) is 0 Å². The molecule has 13 heavy (non-hydrogen) atoms. The molecule has 0 aliphatic carbocycles. The van der Waals surface area contributed by atoms with E-state index in [0.717, 1.165) is 4.88 Å². The van der Waals surface area contributed by atoms with Crippen molar-refractivity contribution in [2.45, 2.75) is 12.5 Å². The van der Waals surface area contributed by atoms with Crippen LogP contribution in [0.1, 0.15) is 17.4 Å². The van der Waals surface area contributed by atoms with Crippen LogP contribution in [0, 0.1) is 4.91 Å². The Kier molecular flexibility index (Phi) is 3.85. The summed E-state index contributed by atoms with van der Waals surface area (Å²) in [5.74, 6) is 0. The molecule has 0 fully saturated rings. The lowest BCUT2D eigenvalue weighted by molar-refractivity contribution is 0.153. The van der Waals surface area contributed by atoms with Gasteiger partial charge in [0.05, 0.1) is 11.4 Å². The molecule has 1 N–H and O–H groups in total. The van der Waals surface area contributed by atoms with Gasteiger partial charge in [-0.25, -0.2) is 0 Å². The Morgan fingerprint density at radius 2 is 2.54 bits per heavy atom. The molecule has 0 amide bonds. The van der Waals surface area contributed by atoms with E-state index in [1.54, 1.807) is 7.05 Å². The smallest absolute Gasteiger partial charge is 0.0899 e. The minimum absolute atomic E-state index is 0.475. The third-order valence-corrected chi connectivity index (χ3v) is 2.71. The van der Waals surface area contributed by atoms with Crippen LogP contribution in [0.25, 0.3) is 0 Å². The lowest BCUT2D eigenvalue weighted by atomic mass is 10.2. The van der Waals surface area contributed by atoms with Gasteiger partial charge in [0, 0.05) is 18.5 Å². The van der Waals surface area contributed by atoms with Crippen molar-refractivity contribution in [2.24, 2.45) is 5.29 Å². The van der Waals surface area contributed by atoms with Gasteiger partial charge in [-0.3, -0.25) is 5.01 Å². The molecule has 72 valence electrons. The molecule has 0 aromatic carbocycles. The topological polar surface area (TPSA) is 52.9 Å². The number of rotatable bonds is 5. The fourth-order valence-electron chi connectivity index (χ4n) is 0.973. The average molecular weight is 200 g/mol. The summed E-state index contributed by atoms with van der Waals surface area (Å²) in [6, 6.07) is 3.77. The van der Waals surface area contributed by atoms with Crippen LogP contribution in [0.5, 0.6) is 0 Å². The minimum atomic E-state index is -0.482. The lowest BCUT2D eigenvalue weighted by Crippen LogP contribution is -2.14. The van der Waals surface area contributed by atoms with E-state index >= 15 is 0 Å². The van der Waals surface area contributed by atoms with Gasteiger partial charge in [0.25, 0.3) is 0 Å². The molecule has 1 aromatic rings. The van der Waals surface area contributed by atoms with Crippen molar-refractivity contribution in [3.05, 3.63) is 27.3 Å². The van der Waals surface area contributed by atoms with E-state index < -0.39 is 6.10 Å². The zero-order valence-electron chi connectivity index (χ0n) is 7.38. The third-order valence-electron chi connectivity index (χ3n) is 1.74. The van der Waals surface area contributed by atoms with Crippen LogP contribution in [0.4, 0.5) is 0 Å². The van der Waals surface area contributed by atoms with Crippen LogP contribution >= 0.6 is 11.3 Å². The van der Waals surface area contributed by atoms with Gasteiger partial charge in [-0.15, -0.1) is 16.2 Å². The van der Waals surface area contributed by atoms with Crippen molar-refractivity contribution in [3.63, 3.8) is 0 Å². The Morgan fingerprint density at radius 3 is 3.08 bits per heavy atom. The predicted molar refractivity (Wildman–Crippen MR) is 52.3 cm³/mol. The number of thiophene rings is 1. The van der Waals surface area contributed by atoms with Gasteiger partial charge in [0.2, 0.25) is 0 Å². The summed E-state index contributed by atoms with van der Waals surface area (Å²) in [6.45, 7) is 0.475. The highest BCUT2D eigenvalue weighted by atomic mass is 32.1. The third kappa shape index (κ3) is 3.12. The van der Waals surface area contributed by atoms with E-state index in [-0.39, 0.29) is 0 Å². The first kappa shape index (κ1) is 10.1. The monoisotopic (exact) mass is 200 g/mol. The number of hydrogen-bond acceptors (Lipinski definition) is 4. The Hall–Kier alpha value is -0.940. The van der Waals surface area contributed by atoms with E-state index in [0.29, 0.717) is 13.0 Å². The molecule has 4 nitrogen and oxygen atoms in total. The molecule has 1 heterocycles.